The lowest BCUT2D eigenvalue weighted by Gasteiger charge is -2.10. The monoisotopic (exact) mass is 723 g/mol. The number of aliphatic hydroxyl groups is 2. The van der Waals surface area contributed by atoms with E-state index in [9.17, 15) is 0 Å². The molecule has 0 saturated heterocycles. The molecule has 0 rings (SSSR count). The molecule has 0 aliphatic rings. The standard InChI is InChI=1S/C6H10O.C5H12.C4H12OSi.C4H10O.3C4H12Si.C3H9ClSi.H2/c1-4-5-6(2,3)7;1-5(2,3)4;1-5-6(2,3)4;1-4(2,3)5;4*1-5(2,3)4;/h7H,1-3H3;1-4H3;1-4H3;5H,1-3H3;3*1-4H3;1-3H3;1H. The minimum Gasteiger partial charge on any atom is -0.421 e. The molecule has 0 amide bonds. The Balaban J connectivity index is -0.0000000455. The zero-order valence-electron chi connectivity index (χ0n) is 35.7. The first kappa shape index (κ1) is 62.6. The second-order valence-corrected chi connectivity index (χ2v) is 50.7. The average Bonchev–Trinajstić information content (AvgIpc) is 2.43. The van der Waals surface area contributed by atoms with Crippen molar-refractivity contribution in [1.29, 1.82) is 0 Å². The van der Waals surface area contributed by atoms with Crippen LogP contribution in [0.3, 0.4) is 0 Å². The van der Waals surface area contributed by atoms with Gasteiger partial charge in [-0.25, -0.2) is 0 Å². The lowest BCUT2D eigenvalue weighted by Crippen LogP contribution is -2.22. The second kappa shape index (κ2) is 27.9. The molecule has 0 aliphatic carbocycles. The Kier molecular flexibility index (Phi) is 40.6. The predicted octanol–water partition coefficient (Wildman–Crippen LogP) is 13.2. The van der Waals surface area contributed by atoms with E-state index in [1.54, 1.807) is 48.7 Å². The van der Waals surface area contributed by atoms with Crippen LogP contribution < -0.4 is 0 Å². The quantitative estimate of drug-likeness (QED) is 0.161. The summed E-state index contributed by atoms with van der Waals surface area (Å²) in [5.41, 5.74) is -0.811. The number of hydrogen-bond acceptors (Lipinski definition) is 3. The first-order chi connectivity index (χ1) is 17.6. The minimum atomic E-state index is -1.14. The van der Waals surface area contributed by atoms with Crippen LogP contribution in [0.25, 0.3) is 0 Å². The summed E-state index contributed by atoms with van der Waals surface area (Å²) in [6.07, 6.45) is 0. The lowest BCUT2D eigenvalue weighted by molar-refractivity contribution is 0.102. The normalized spacial score (nSPS) is 11.6. The van der Waals surface area contributed by atoms with E-state index in [1.165, 1.54) is 0 Å². The Morgan fingerprint density at radius 2 is 0.628 bits per heavy atom. The summed E-state index contributed by atoms with van der Waals surface area (Å²) in [4.78, 5) is 0. The van der Waals surface area contributed by atoms with Gasteiger partial charge in [-0.05, 0) is 66.6 Å². The van der Waals surface area contributed by atoms with Gasteiger partial charge in [0.05, 0.1) is 5.60 Å². The molecule has 0 aromatic heterocycles. The summed E-state index contributed by atoms with van der Waals surface area (Å²) in [5, 5.41) is 17.4. The van der Waals surface area contributed by atoms with Crippen LogP contribution in [0.15, 0.2) is 0 Å². The summed E-state index contributed by atoms with van der Waals surface area (Å²) in [6.45, 7) is 59.7. The molecule has 3 nitrogen and oxygen atoms in total. The Hall–Kier alpha value is 0.814. The highest BCUT2D eigenvalue weighted by Gasteiger charge is 2.09. The van der Waals surface area contributed by atoms with Crippen molar-refractivity contribution >= 4 is 51.0 Å². The molecular formula is C34H91ClO3Si5. The van der Waals surface area contributed by atoms with Crippen LogP contribution in [-0.4, -0.2) is 68.4 Å². The van der Waals surface area contributed by atoms with Gasteiger partial charge in [0.15, 0.2) is 8.32 Å². The van der Waals surface area contributed by atoms with Crippen molar-refractivity contribution in [2.75, 3.05) is 7.11 Å². The molecule has 2 N–H and O–H groups in total. The highest BCUT2D eigenvalue weighted by atomic mass is 35.6. The zero-order valence-corrected chi connectivity index (χ0v) is 41.4. The molecule has 0 fully saturated rings. The largest absolute Gasteiger partial charge is 0.421 e. The minimum absolute atomic E-state index is 0. The molecule has 0 unspecified atom stereocenters. The van der Waals surface area contributed by atoms with Crippen LogP contribution in [0.4, 0.5) is 0 Å². The van der Waals surface area contributed by atoms with Crippen molar-refractivity contribution in [3.05, 3.63) is 0 Å². The van der Waals surface area contributed by atoms with E-state index in [4.69, 9.17) is 25.7 Å². The number of halogens is 1. The number of hydrogen-bond donors (Lipinski definition) is 2. The van der Waals surface area contributed by atoms with Gasteiger partial charge in [-0.3, -0.25) is 0 Å². The molecule has 0 aromatic rings. The number of rotatable bonds is 1. The van der Waals surface area contributed by atoms with Crippen LogP contribution >= 0.6 is 11.1 Å². The average molecular weight is 724 g/mol. The van der Waals surface area contributed by atoms with Gasteiger partial charge in [-0.15, -0.1) is 5.92 Å². The Labute approximate surface area is 288 Å². The molecule has 0 saturated carbocycles. The Morgan fingerprint density at radius 3 is 0.628 bits per heavy atom. The van der Waals surface area contributed by atoms with Gasteiger partial charge in [0.2, 0.25) is 0 Å². The molecule has 0 heterocycles. The van der Waals surface area contributed by atoms with Gasteiger partial charge >= 0.3 is 0 Å². The molecule has 0 aromatic carbocycles. The van der Waals surface area contributed by atoms with Gasteiger partial charge in [-0.1, -0.05) is 132 Å². The van der Waals surface area contributed by atoms with Crippen LogP contribution in [0.5, 0.6) is 0 Å². The van der Waals surface area contributed by atoms with Crippen molar-refractivity contribution in [3.8, 4) is 11.8 Å². The van der Waals surface area contributed by atoms with Gasteiger partial charge in [0.1, 0.15) is 13.0 Å². The maximum absolute atomic E-state index is 8.84. The van der Waals surface area contributed by atoms with E-state index >= 15 is 0 Å². The van der Waals surface area contributed by atoms with Crippen molar-refractivity contribution in [1.82, 2.24) is 0 Å². The molecule has 0 spiro atoms. The van der Waals surface area contributed by atoms with E-state index in [-0.39, 0.29) is 1.43 Å². The fraction of sp³-hybridized carbons (Fsp3) is 0.941. The van der Waals surface area contributed by atoms with Crippen LogP contribution in [0.2, 0.25) is 118 Å². The van der Waals surface area contributed by atoms with Crippen LogP contribution in [-0.2, 0) is 4.43 Å². The topological polar surface area (TPSA) is 49.7 Å². The molecular weight excluding hydrogens is 632 g/mol. The third-order valence-electron chi connectivity index (χ3n) is 1.04. The fourth-order valence-electron chi connectivity index (χ4n) is 0.306. The van der Waals surface area contributed by atoms with Gasteiger partial charge in [-0.2, -0.15) is 11.1 Å². The highest BCUT2D eigenvalue weighted by molar-refractivity contribution is 7.18. The van der Waals surface area contributed by atoms with Crippen LogP contribution in [0, 0.1) is 17.3 Å². The molecule has 9 heteroatoms. The molecule has 43 heavy (non-hydrogen) atoms. The fourth-order valence-corrected chi connectivity index (χ4v) is 0.306. The molecule has 0 radical (unpaired) electrons. The van der Waals surface area contributed by atoms with E-state index in [2.05, 4.69) is 157 Å². The third kappa shape index (κ3) is 1170. The van der Waals surface area contributed by atoms with Crippen molar-refractivity contribution in [2.24, 2.45) is 5.41 Å². The zero-order chi connectivity index (χ0) is 38.1. The smallest absolute Gasteiger partial charge is 0.183 e. The summed E-state index contributed by atoms with van der Waals surface area (Å²) >= 11 is 5.67. The van der Waals surface area contributed by atoms with Crippen LogP contribution in [0.1, 0.15) is 70.7 Å². The van der Waals surface area contributed by atoms with Gasteiger partial charge < -0.3 is 14.6 Å². The first-order valence-corrected chi connectivity index (χ1v) is 35.7. The molecule has 0 atom stereocenters. The highest BCUT2D eigenvalue weighted by Crippen LogP contribution is 2.08. The van der Waals surface area contributed by atoms with Gasteiger partial charge in [0.25, 0.3) is 0 Å². The predicted molar refractivity (Wildman–Crippen MR) is 226 cm³/mol. The molecule has 0 bridgehead atoms. The summed E-state index contributed by atoms with van der Waals surface area (Å²) < 4.78 is 5.08. The maximum atomic E-state index is 8.84. The molecule has 272 valence electrons. The van der Waals surface area contributed by atoms with E-state index < -0.39 is 51.1 Å². The lowest BCUT2D eigenvalue weighted by atomic mass is 10.0. The Bertz CT molecular complexity index is 511. The van der Waals surface area contributed by atoms with Crippen molar-refractivity contribution in [3.63, 3.8) is 0 Å². The SMILES string of the molecule is CC#CC(C)(C)O.CC(C)(C)C.CC(C)(C)O.CO[Si](C)(C)C.C[Si](C)(C)C.C[Si](C)(C)C.C[Si](C)(C)C.C[Si](C)(C)Cl.[HH]. The Morgan fingerprint density at radius 1 is 0.535 bits per heavy atom. The van der Waals surface area contributed by atoms with Crippen molar-refractivity contribution < 1.29 is 16.1 Å². The van der Waals surface area contributed by atoms with Gasteiger partial charge in [0, 0.05) is 32.8 Å². The van der Waals surface area contributed by atoms with E-state index in [0.29, 0.717) is 5.41 Å². The first-order valence-electron chi connectivity index (χ1n) is 15.7. The summed E-state index contributed by atoms with van der Waals surface area (Å²) in [7, 11) is -2.33. The maximum Gasteiger partial charge on any atom is 0.183 e. The summed E-state index contributed by atoms with van der Waals surface area (Å²) in [5.74, 6) is 5.20. The van der Waals surface area contributed by atoms with E-state index in [1.807, 2.05) is 0 Å². The second-order valence-electron chi connectivity index (χ2n) is 20.5. The molecule has 0 aliphatic heterocycles. The van der Waals surface area contributed by atoms with Crippen molar-refractivity contribution in [2.45, 2.75) is 198 Å². The van der Waals surface area contributed by atoms with E-state index in [0.717, 1.165) is 0 Å². The summed E-state index contributed by atoms with van der Waals surface area (Å²) in [6, 6.07) is 0. The third-order valence-corrected chi connectivity index (χ3v) is 2.27.